The maximum absolute atomic E-state index is 9.01. The molecule has 2 atom stereocenters. The number of rotatable bonds is 4. The third kappa shape index (κ3) is 2.49. The molecule has 2 aliphatic carbocycles. The average molecular weight is 198 g/mol. The Kier molecular flexibility index (Phi) is 2.90. The molecule has 0 bridgehead atoms. The molecule has 0 spiro atoms. The second kappa shape index (κ2) is 4.34. The lowest BCUT2D eigenvalue weighted by molar-refractivity contribution is 0.509. The second-order valence-electron chi connectivity index (χ2n) is 4.10. The highest BCUT2D eigenvalue weighted by Crippen LogP contribution is 2.32. The van der Waals surface area contributed by atoms with Gasteiger partial charge in [0, 0.05) is 6.04 Å². The zero-order chi connectivity index (χ0) is 10.7. The zero-order valence-electron chi connectivity index (χ0n) is 8.83. The Bertz CT molecular complexity index is 408. The smallest absolute Gasteiger partial charge is 0.0986 e. The van der Waals surface area contributed by atoms with Crippen molar-refractivity contribution in [2.75, 3.05) is 0 Å². The lowest BCUT2D eigenvalue weighted by Gasteiger charge is -2.18. The van der Waals surface area contributed by atoms with Crippen molar-refractivity contribution in [3.8, 4) is 6.07 Å². The van der Waals surface area contributed by atoms with Gasteiger partial charge in [-0.05, 0) is 49.5 Å². The number of hydrogen-bond acceptors (Lipinski definition) is 2. The predicted octanol–water partition coefficient (Wildman–Crippen LogP) is 2.07. The minimum Gasteiger partial charge on any atom is -0.295 e. The molecule has 1 fully saturated rings. The molecule has 0 aliphatic heterocycles. The molecule has 2 heteroatoms. The Morgan fingerprint density at radius 1 is 1.53 bits per heavy atom. The van der Waals surface area contributed by atoms with Crippen LogP contribution in [-0.2, 0) is 0 Å². The summed E-state index contributed by atoms with van der Waals surface area (Å²) in [7, 11) is 0. The van der Waals surface area contributed by atoms with E-state index in [1.54, 1.807) is 0 Å². The first-order valence-electron chi connectivity index (χ1n) is 5.34. The normalized spacial score (nSPS) is 22.0. The molecule has 2 aliphatic rings. The number of hydrogen-bond donors (Lipinski definition) is 1. The summed E-state index contributed by atoms with van der Waals surface area (Å²) in [6, 6.07) is 2.55. The van der Waals surface area contributed by atoms with Gasteiger partial charge in [0.15, 0.2) is 0 Å². The van der Waals surface area contributed by atoms with E-state index in [1.807, 2.05) is 18.2 Å². The molecule has 0 radical (unpaired) electrons. The molecule has 1 saturated carbocycles. The van der Waals surface area contributed by atoms with E-state index in [2.05, 4.69) is 29.8 Å². The van der Waals surface area contributed by atoms with Crippen LogP contribution < -0.4 is 5.32 Å². The van der Waals surface area contributed by atoms with E-state index in [9.17, 15) is 0 Å². The number of nitrogens with one attached hydrogen (secondary N) is 1. The lowest BCUT2D eigenvalue weighted by Crippen LogP contribution is -2.37. The van der Waals surface area contributed by atoms with Crippen LogP contribution in [0.25, 0.3) is 0 Å². The minimum atomic E-state index is 0.00388. The largest absolute Gasteiger partial charge is 0.295 e. The first-order chi connectivity index (χ1) is 7.31. The molecular formula is C13H14N2. The van der Waals surface area contributed by atoms with Crippen molar-refractivity contribution >= 4 is 0 Å². The molecule has 0 aromatic carbocycles. The van der Waals surface area contributed by atoms with Gasteiger partial charge in [0.2, 0.25) is 0 Å². The summed E-state index contributed by atoms with van der Waals surface area (Å²) in [6.07, 6.45) is 8.15. The summed E-state index contributed by atoms with van der Waals surface area (Å²) in [6.45, 7) is 2.08. The maximum atomic E-state index is 9.01. The van der Waals surface area contributed by atoms with Crippen molar-refractivity contribution in [3.63, 3.8) is 0 Å². The molecule has 76 valence electrons. The van der Waals surface area contributed by atoms with E-state index < -0.39 is 0 Å². The van der Waals surface area contributed by atoms with E-state index in [0.717, 1.165) is 5.57 Å². The quantitative estimate of drug-likeness (QED) is 0.702. The molecule has 1 N–H and O–H groups in total. The summed E-state index contributed by atoms with van der Waals surface area (Å²) in [5.41, 5.74) is 6.96. The Hall–Kier alpha value is -1.51. The molecule has 0 aromatic heterocycles. The van der Waals surface area contributed by atoms with E-state index >= 15 is 0 Å². The molecule has 15 heavy (non-hydrogen) atoms. The fourth-order valence-electron chi connectivity index (χ4n) is 1.70. The van der Waals surface area contributed by atoms with E-state index in [0.29, 0.717) is 5.92 Å². The maximum Gasteiger partial charge on any atom is 0.0986 e. The van der Waals surface area contributed by atoms with Gasteiger partial charge in [0.1, 0.15) is 0 Å². The third-order valence-electron chi connectivity index (χ3n) is 2.84. The van der Waals surface area contributed by atoms with Gasteiger partial charge in [-0.3, -0.25) is 5.32 Å². The summed E-state index contributed by atoms with van der Waals surface area (Å²) in [4.78, 5) is 0. The zero-order valence-corrected chi connectivity index (χ0v) is 8.83. The summed E-state index contributed by atoms with van der Waals surface area (Å²) >= 11 is 0. The van der Waals surface area contributed by atoms with Crippen LogP contribution in [0.5, 0.6) is 0 Å². The summed E-state index contributed by atoms with van der Waals surface area (Å²) < 4.78 is 0. The van der Waals surface area contributed by atoms with Crippen molar-refractivity contribution in [2.45, 2.75) is 31.8 Å². The van der Waals surface area contributed by atoms with Gasteiger partial charge in [-0.25, -0.2) is 0 Å². The SMILES string of the molecule is C[C@H](N[C@H](C#N)C1CC1)C1=CC=C=C=C1. The van der Waals surface area contributed by atoms with Crippen molar-refractivity contribution < 1.29 is 0 Å². The summed E-state index contributed by atoms with van der Waals surface area (Å²) in [5, 5.41) is 12.4. The van der Waals surface area contributed by atoms with Crippen molar-refractivity contribution in [1.29, 1.82) is 5.26 Å². The van der Waals surface area contributed by atoms with Crippen LogP contribution in [0.15, 0.2) is 35.3 Å². The Morgan fingerprint density at radius 2 is 2.33 bits per heavy atom. The average Bonchev–Trinajstić information content (AvgIpc) is 3.10. The first-order valence-corrected chi connectivity index (χ1v) is 5.34. The summed E-state index contributed by atoms with van der Waals surface area (Å²) in [5.74, 6) is 0.566. The van der Waals surface area contributed by atoms with Gasteiger partial charge in [-0.1, -0.05) is 11.5 Å². The number of nitriles is 1. The van der Waals surface area contributed by atoms with Gasteiger partial charge in [0.05, 0.1) is 12.1 Å². The van der Waals surface area contributed by atoms with Gasteiger partial charge < -0.3 is 0 Å². The van der Waals surface area contributed by atoms with Crippen LogP contribution in [-0.4, -0.2) is 12.1 Å². The van der Waals surface area contributed by atoms with E-state index in [4.69, 9.17) is 5.26 Å². The van der Waals surface area contributed by atoms with Crippen LogP contribution in [0, 0.1) is 17.2 Å². The highest BCUT2D eigenvalue weighted by atomic mass is 15.0. The molecule has 0 amide bonds. The molecular weight excluding hydrogens is 184 g/mol. The Balaban J connectivity index is 1.94. The second-order valence-corrected chi connectivity index (χ2v) is 4.10. The number of allylic oxidation sites excluding steroid dienone is 2. The topological polar surface area (TPSA) is 35.8 Å². The van der Waals surface area contributed by atoms with Crippen LogP contribution in [0.4, 0.5) is 0 Å². The molecule has 0 heterocycles. The van der Waals surface area contributed by atoms with Crippen LogP contribution in [0.2, 0.25) is 0 Å². The van der Waals surface area contributed by atoms with Gasteiger partial charge >= 0.3 is 0 Å². The fraction of sp³-hybridized carbons (Fsp3) is 0.462. The Labute approximate surface area is 90.3 Å². The monoisotopic (exact) mass is 198 g/mol. The number of nitrogens with zero attached hydrogens (tertiary/aromatic N) is 1. The van der Waals surface area contributed by atoms with Gasteiger partial charge in [-0.15, -0.1) is 0 Å². The lowest BCUT2D eigenvalue weighted by atomic mass is 10.0. The molecule has 0 unspecified atom stereocenters. The van der Waals surface area contributed by atoms with Crippen LogP contribution in [0.3, 0.4) is 0 Å². The van der Waals surface area contributed by atoms with Crippen molar-refractivity contribution in [2.24, 2.45) is 5.92 Å². The highest BCUT2D eigenvalue weighted by molar-refractivity contribution is 5.31. The molecule has 2 nitrogen and oxygen atoms in total. The van der Waals surface area contributed by atoms with Gasteiger partial charge in [0.25, 0.3) is 0 Å². The highest BCUT2D eigenvalue weighted by Gasteiger charge is 2.32. The van der Waals surface area contributed by atoms with E-state index in [-0.39, 0.29) is 12.1 Å². The predicted molar refractivity (Wildman–Crippen MR) is 59.0 cm³/mol. The van der Waals surface area contributed by atoms with Crippen molar-refractivity contribution in [1.82, 2.24) is 5.32 Å². The third-order valence-corrected chi connectivity index (χ3v) is 2.84. The van der Waals surface area contributed by atoms with Crippen molar-refractivity contribution in [3.05, 3.63) is 35.3 Å². The van der Waals surface area contributed by atoms with Crippen LogP contribution >= 0.6 is 0 Å². The molecule has 0 aromatic rings. The first kappa shape index (κ1) is 10.0. The molecule has 0 saturated heterocycles. The fourth-order valence-corrected chi connectivity index (χ4v) is 1.70. The molecule has 2 rings (SSSR count). The van der Waals surface area contributed by atoms with Crippen LogP contribution in [0.1, 0.15) is 19.8 Å². The Morgan fingerprint density at radius 3 is 2.87 bits per heavy atom. The van der Waals surface area contributed by atoms with E-state index in [1.165, 1.54) is 12.8 Å². The van der Waals surface area contributed by atoms with Gasteiger partial charge in [-0.2, -0.15) is 5.26 Å². The minimum absolute atomic E-state index is 0.00388. The standard InChI is InChI=1S/C13H14N2/c1-10(11-5-3-2-4-6-11)15-13(9-14)12-7-8-12/h3,5-6,10,12-13,15H,7-8H2,1H3/t10-,13+/m0/s1.